The van der Waals surface area contributed by atoms with Crippen molar-refractivity contribution in [2.75, 3.05) is 5.32 Å². The van der Waals surface area contributed by atoms with Crippen LogP contribution in [0.15, 0.2) is 35.0 Å². The number of carboxylic acids is 1. The van der Waals surface area contributed by atoms with E-state index in [2.05, 4.69) is 5.32 Å². The molecule has 0 unspecified atom stereocenters. The van der Waals surface area contributed by atoms with E-state index in [1.807, 2.05) is 16.8 Å². The number of thiophene rings is 1. The number of nitrogens with one attached hydrogen (secondary N) is 1. The third kappa shape index (κ3) is 2.99. The molecule has 0 bridgehead atoms. The molecule has 0 aliphatic rings. The second-order valence-corrected chi connectivity index (χ2v) is 4.67. The molecule has 0 amide bonds. The number of benzene rings is 1. The fraction of sp³-hybridized carbons (Fsp3) is 0.0833. The van der Waals surface area contributed by atoms with E-state index >= 15 is 0 Å². The van der Waals surface area contributed by atoms with Crippen molar-refractivity contribution in [2.24, 2.45) is 0 Å². The number of hydrogen-bond donors (Lipinski definition) is 2. The summed E-state index contributed by atoms with van der Waals surface area (Å²) in [5, 5.41) is 16.4. The fourth-order valence-corrected chi connectivity index (χ4v) is 2.26. The van der Waals surface area contributed by atoms with Gasteiger partial charge in [0.15, 0.2) is 0 Å². The molecule has 0 aliphatic carbocycles. The average Bonchev–Trinajstić information content (AvgIpc) is 2.80. The van der Waals surface area contributed by atoms with Gasteiger partial charge in [-0.1, -0.05) is 11.6 Å². The number of anilines is 1. The first-order valence-electron chi connectivity index (χ1n) is 4.94. The summed E-state index contributed by atoms with van der Waals surface area (Å²) in [6.45, 7) is 0.671. The summed E-state index contributed by atoms with van der Waals surface area (Å²) < 4.78 is 0. The van der Waals surface area contributed by atoms with Gasteiger partial charge in [0.25, 0.3) is 0 Å². The summed E-state index contributed by atoms with van der Waals surface area (Å²) >= 11 is 7.41. The van der Waals surface area contributed by atoms with Crippen LogP contribution in [0, 0.1) is 0 Å². The predicted molar refractivity (Wildman–Crippen MR) is 70.1 cm³/mol. The Morgan fingerprint density at radius 2 is 2.24 bits per heavy atom. The van der Waals surface area contributed by atoms with E-state index in [1.54, 1.807) is 23.5 Å². The lowest BCUT2D eigenvalue weighted by Gasteiger charge is -2.07. The predicted octanol–water partition coefficient (Wildman–Crippen LogP) is 3.71. The zero-order valence-corrected chi connectivity index (χ0v) is 10.4. The molecule has 3 nitrogen and oxygen atoms in total. The number of aromatic carboxylic acids is 1. The first-order chi connectivity index (χ1) is 8.16. The lowest BCUT2D eigenvalue weighted by atomic mass is 10.2. The smallest absolute Gasteiger partial charge is 0.337 e. The van der Waals surface area contributed by atoms with E-state index in [0.29, 0.717) is 6.54 Å². The molecular formula is C12H10ClNO2S. The van der Waals surface area contributed by atoms with Crippen molar-refractivity contribution in [3.63, 3.8) is 0 Å². The van der Waals surface area contributed by atoms with E-state index in [0.717, 1.165) is 5.69 Å². The van der Waals surface area contributed by atoms with Crippen LogP contribution in [-0.2, 0) is 6.54 Å². The maximum Gasteiger partial charge on any atom is 0.337 e. The van der Waals surface area contributed by atoms with Gasteiger partial charge in [0.05, 0.1) is 10.6 Å². The molecule has 2 aromatic rings. The van der Waals surface area contributed by atoms with Gasteiger partial charge in [0.1, 0.15) is 0 Å². The first-order valence-corrected chi connectivity index (χ1v) is 6.26. The highest BCUT2D eigenvalue weighted by atomic mass is 35.5. The summed E-state index contributed by atoms with van der Waals surface area (Å²) in [7, 11) is 0. The minimum absolute atomic E-state index is 0.113. The van der Waals surface area contributed by atoms with Crippen LogP contribution in [0.3, 0.4) is 0 Å². The highest BCUT2D eigenvalue weighted by molar-refractivity contribution is 7.07. The highest BCUT2D eigenvalue weighted by Crippen LogP contribution is 2.21. The molecule has 0 fully saturated rings. The molecule has 2 rings (SSSR count). The molecule has 0 aliphatic heterocycles. The van der Waals surface area contributed by atoms with E-state index in [-0.39, 0.29) is 10.6 Å². The second kappa shape index (κ2) is 5.21. The van der Waals surface area contributed by atoms with Crippen molar-refractivity contribution in [2.45, 2.75) is 6.54 Å². The monoisotopic (exact) mass is 267 g/mol. The van der Waals surface area contributed by atoms with Gasteiger partial charge in [-0.05, 0) is 40.6 Å². The number of carboxylic acid groups (broad SMARTS) is 1. The van der Waals surface area contributed by atoms with Crippen LogP contribution in [-0.4, -0.2) is 11.1 Å². The van der Waals surface area contributed by atoms with Crippen molar-refractivity contribution in [3.05, 3.63) is 51.2 Å². The van der Waals surface area contributed by atoms with Crippen LogP contribution in [0.4, 0.5) is 5.69 Å². The van der Waals surface area contributed by atoms with E-state index < -0.39 is 5.97 Å². The van der Waals surface area contributed by atoms with E-state index in [1.165, 1.54) is 11.6 Å². The maximum atomic E-state index is 10.9. The van der Waals surface area contributed by atoms with Gasteiger partial charge in [-0.25, -0.2) is 4.79 Å². The maximum absolute atomic E-state index is 10.9. The molecule has 0 radical (unpaired) electrons. The number of halogens is 1. The molecule has 1 aromatic carbocycles. The van der Waals surface area contributed by atoms with Crippen LogP contribution < -0.4 is 5.32 Å². The molecule has 1 aromatic heterocycles. The number of carbonyl (C=O) groups is 1. The summed E-state index contributed by atoms with van der Waals surface area (Å²) in [6, 6.07) is 6.91. The van der Waals surface area contributed by atoms with Crippen molar-refractivity contribution in [1.29, 1.82) is 0 Å². The summed E-state index contributed by atoms with van der Waals surface area (Å²) in [4.78, 5) is 10.9. The normalized spacial score (nSPS) is 10.2. The molecule has 5 heteroatoms. The van der Waals surface area contributed by atoms with Gasteiger partial charge in [-0.3, -0.25) is 0 Å². The van der Waals surface area contributed by atoms with Crippen LogP contribution in [0.2, 0.25) is 5.02 Å². The van der Waals surface area contributed by atoms with Crippen LogP contribution in [0.1, 0.15) is 15.9 Å². The Kier molecular flexibility index (Phi) is 3.66. The summed E-state index contributed by atoms with van der Waals surface area (Å²) in [5.41, 5.74) is 2.03. The van der Waals surface area contributed by atoms with Crippen molar-refractivity contribution in [1.82, 2.24) is 0 Å². The van der Waals surface area contributed by atoms with Crippen molar-refractivity contribution >= 4 is 34.6 Å². The van der Waals surface area contributed by atoms with Gasteiger partial charge in [0.2, 0.25) is 0 Å². The minimum atomic E-state index is -1.02. The van der Waals surface area contributed by atoms with Crippen molar-refractivity contribution < 1.29 is 9.90 Å². The summed E-state index contributed by atoms with van der Waals surface area (Å²) in [5.74, 6) is -1.02. The van der Waals surface area contributed by atoms with Crippen LogP contribution in [0.5, 0.6) is 0 Å². The molecule has 0 saturated heterocycles. The SMILES string of the molecule is O=C(O)c1cc(NCc2ccsc2)ccc1Cl. The topological polar surface area (TPSA) is 49.3 Å². The number of hydrogen-bond acceptors (Lipinski definition) is 3. The van der Waals surface area contributed by atoms with E-state index in [9.17, 15) is 4.79 Å². The largest absolute Gasteiger partial charge is 0.478 e. The van der Waals surface area contributed by atoms with Crippen LogP contribution in [0.25, 0.3) is 0 Å². The second-order valence-electron chi connectivity index (χ2n) is 3.48. The highest BCUT2D eigenvalue weighted by Gasteiger charge is 2.09. The van der Waals surface area contributed by atoms with Gasteiger partial charge in [0, 0.05) is 12.2 Å². The first kappa shape index (κ1) is 12.0. The molecule has 0 saturated carbocycles. The lowest BCUT2D eigenvalue weighted by molar-refractivity contribution is 0.0697. The van der Waals surface area contributed by atoms with E-state index in [4.69, 9.17) is 16.7 Å². The summed E-state index contributed by atoms with van der Waals surface area (Å²) in [6.07, 6.45) is 0. The average molecular weight is 268 g/mol. The Labute approximate surface area is 108 Å². The molecule has 17 heavy (non-hydrogen) atoms. The standard InChI is InChI=1S/C12H10ClNO2S/c13-11-2-1-9(5-10(11)12(15)16)14-6-8-3-4-17-7-8/h1-5,7,14H,6H2,(H,15,16). The number of rotatable bonds is 4. The minimum Gasteiger partial charge on any atom is -0.478 e. The Morgan fingerprint density at radius 1 is 1.41 bits per heavy atom. The quantitative estimate of drug-likeness (QED) is 0.888. The molecule has 88 valence electrons. The molecule has 0 spiro atoms. The zero-order valence-electron chi connectivity index (χ0n) is 8.81. The van der Waals surface area contributed by atoms with Gasteiger partial charge in [-0.2, -0.15) is 11.3 Å². The Balaban J connectivity index is 2.11. The third-order valence-corrected chi connectivity index (χ3v) is 3.34. The molecule has 0 atom stereocenters. The van der Waals surface area contributed by atoms with Gasteiger partial charge < -0.3 is 10.4 Å². The van der Waals surface area contributed by atoms with Crippen molar-refractivity contribution in [3.8, 4) is 0 Å². The molecular weight excluding hydrogens is 258 g/mol. The third-order valence-electron chi connectivity index (χ3n) is 2.27. The zero-order chi connectivity index (χ0) is 12.3. The Morgan fingerprint density at radius 3 is 2.88 bits per heavy atom. The lowest BCUT2D eigenvalue weighted by Crippen LogP contribution is -2.02. The fourth-order valence-electron chi connectivity index (χ4n) is 1.40. The molecule has 1 heterocycles. The van der Waals surface area contributed by atoms with Gasteiger partial charge >= 0.3 is 5.97 Å². The van der Waals surface area contributed by atoms with Gasteiger partial charge in [-0.15, -0.1) is 0 Å². The molecule has 2 N–H and O–H groups in total. The van der Waals surface area contributed by atoms with Crippen LogP contribution >= 0.6 is 22.9 Å². The Bertz CT molecular complexity index is 525. The Hall–Kier alpha value is -1.52.